The Labute approximate surface area is 156 Å². The Bertz CT molecular complexity index is 970. The molecule has 0 saturated heterocycles. The molecule has 0 fully saturated rings. The third-order valence-corrected chi connectivity index (χ3v) is 6.61. The van der Waals surface area contributed by atoms with Crippen molar-refractivity contribution in [1.82, 2.24) is 0 Å². The van der Waals surface area contributed by atoms with Crippen LogP contribution in [0, 0.1) is 12.3 Å². The fourth-order valence-corrected chi connectivity index (χ4v) is 5.46. The highest BCUT2D eigenvalue weighted by Gasteiger charge is 2.43. The summed E-state index contributed by atoms with van der Waals surface area (Å²) in [6, 6.07) is 6.13. The van der Waals surface area contributed by atoms with Gasteiger partial charge in [0.2, 0.25) is 6.79 Å². The number of nitrogens with one attached hydrogen (secondary N) is 1. The third-order valence-electron chi connectivity index (χ3n) is 5.52. The zero-order valence-electron chi connectivity index (χ0n) is 15.1. The first kappa shape index (κ1) is 15.9. The summed E-state index contributed by atoms with van der Waals surface area (Å²) < 4.78 is 11.4. The molecule has 1 atom stereocenters. The summed E-state index contributed by atoms with van der Waals surface area (Å²) in [4.78, 5) is 14.4. The average Bonchev–Trinajstić information content (AvgIpc) is 3.20. The molecular formula is C21H21NO3S. The first-order valence-corrected chi connectivity index (χ1v) is 9.82. The Morgan fingerprint density at radius 1 is 1.19 bits per heavy atom. The van der Waals surface area contributed by atoms with E-state index < -0.39 is 0 Å². The predicted molar refractivity (Wildman–Crippen MR) is 102 cm³/mol. The molecule has 1 unspecified atom stereocenters. The molecule has 1 aromatic heterocycles. The van der Waals surface area contributed by atoms with Crippen LogP contribution >= 0.6 is 11.3 Å². The minimum absolute atomic E-state index is 0.0220. The van der Waals surface area contributed by atoms with Crippen molar-refractivity contribution < 1.29 is 14.3 Å². The van der Waals surface area contributed by atoms with Crippen molar-refractivity contribution >= 4 is 22.8 Å². The van der Waals surface area contributed by atoms with Crippen molar-refractivity contribution in [2.24, 2.45) is 5.41 Å². The number of carbonyl (C=O) groups is 1. The van der Waals surface area contributed by atoms with Gasteiger partial charge in [0.25, 0.3) is 0 Å². The lowest BCUT2D eigenvalue weighted by molar-refractivity contribution is -0.118. The zero-order chi connectivity index (χ0) is 18.1. The first-order valence-electron chi connectivity index (χ1n) is 8.94. The Morgan fingerprint density at radius 2 is 2.04 bits per heavy atom. The molecule has 0 radical (unpaired) electrons. The molecule has 1 aliphatic carbocycles. The average molecular weight is 367 g/mol. The molecule has 0 bridgehead atoms. The van der Waals surface area contributed by atoms with Crippen LogP contribution in [-0.4, -0.2) is 12.6 Å². The van der Waals surface area contributed by atoms with Gasteiger partial charge < -0.3 is 14.8 Å². The number of ketones is 1. The highest BCUT2D eigenvalue weighted by Crippen LogP contribution is 2.55. The van der Waals surface area contributed by atoms with Gasteiger partial charge in [-0.2, -0.15) is 0 Å². The fourth-order valence-electron chi connectivity index (χ4n) is 4.42. The Hall–Kier alpha value is -2.27. The van der Waals surface area contributed by atoms with Gasteiger partial charge >= 0.3 is 0 Å². The molecule has 1 aromatic carbocycles. The van der Waals surface area contributed by atoms with E-state index in [-0.39, 0.29) is 23.9 Å². The molecule has 2 aliphatic heterocycles. The number of benzene rings is 1. The maximum Gasteiger partial charge on any atom is 0.231 e. The molecule has 0 saturated carbocycles. The number of hydrogen-bond acceptors (Lipinski definition) is 5. The second kappa shape index (κ2) is 5.36. The Kier molecular flexibility index (Phi) is 3.29. The molecule has 1 N–H and O–H groups in total. The summed E-state index contributed by atoms with van der Waals surface area (Å²) in [5, 5.41) is 5.66. The second-order valence-corrected chi connectivity index (χ2v) is 9.07. The van der Waals surface area contributed by atoms with Crippen molar-refractivity contribution in [3.63, 3.8) is 0 Å². The molecule has 2 aromatic rings. The number of ether oxygens (including phenoxy) is 2. The van der Waals surface area contributed by atoms with Crippen LogP contribution in [0.25, 0.3) is 0 Å². The van der Waals surface area contributed by atoms with Crippen molar-refractivity contribution in [2.45, 2.75) is 39.5 Å². The van der Waals surface area contributed by atoms with E-state index in [1.54, 1.807) is 11.3 Å². The number of thiophene rings is 1. The molecule has 134 valence electrons. The van der Waals surface area contributed by atoms with Crippen LogP contribution in [0.3, 0.4) is 0 Å². The van der Waals surface area contributed by atoms with Crippen LogP contribution in [-0.2, 0) is 4.79 Å². The number of carbonyl (C=O) groups excluding carboxylic acids is 1. The minimum Gasteiger partial charge on any atom is -0.454 e. The van der Waals surface area contributed by atoms with E-state index in [1.807, 2.05) is 6.07 Å². The maximum absolute atomic E-state index is 13.2. The molecule has 3 aliphatic rings. The van der Waals surface area contributed by atoms with Crippen molar-refractivity contribution in [1.29, 1.82) is 0 Å². The number of aryl methyl sites for hydroxylation is 1. The molecule has 4 nitrogen and oxygen atoms in total. The molecule has 0 spiro atoms. The third kappa shape index (κ3) is 2.23. The van der Waals surface area contributed by atoms with E-state index in [1.165, 1.54) is 10.4 Å². The van der Waals surface area contributed by atoms with E-state index in [0.717, 1.165) is 40.4 Å². The monoisotopic (exact) mass is 367 g/mol. The lowest BCUT2D eigenvalue weighted by Crippen LogP contribution is -2.33. The largest absolute Gasteiger partial charge is 0.454 e. The van der Waals surface area contributed by atoms with Crippen molar-refractivity contribution in [3.8, 4) is 11.5 Å². The van der Waals surface area contributed by atoms with E-state index >= 15 is 0 Å². The fraction of sp³-hybridized carbons (Fsp3) is 0.381. The summed E-state index contributed by atoms with van der Waals surface area (Å²) in [6.45, 7) is 6.67. The predicted octanol–water partition coefficient (Wildman–Crippen LogP) is 4.99. The summed E-state index contributed by atoms with van der Waals surface area (Å²) in [5.74, 6) is 1.69. The van der Waals surface area contributed by atoms with Gasteiger partial charge in [0, 0.05) is 33.8 Å². The molecule has 5 rings (SSSR count). The smallest absolute Gasteiger partial charge is 0.231 e. The molecule has 3 heterocycles. The summed E-state index contributed by atoms with van der Waals surface area (Å²) in [6.07, 6.45) is 1.46. The van der Waals surface area contributed by atoms with Gasteiger partial charge in [0.05, 0.1) is 5.92 Å². The van der Waals surface area contributed by atoms with Crippen LogP contribution in [0.4, 0.5) is 5.69 Å². The van der Waals surface area contributed by atoms with Crippen molar-refractivity contribution in [2.75, 3.05) is 12.1 Å². The van der Waals surface area contributed by atoms with Gasteiger partial charge in [0.1, 0.15) is 0 Å². The van der Waals surface area contributed by atoms with Gasteiger partial charge in [0.15, 0.2) is 17.3 Å². The highest BCUT2D eigenvalue weighted by atomic mass is 32.1. The Morgan fingerprint density at radius 3 is 2.81 bits per heavy atom. The summed E-state index contributed by atoms with van der Waals surface area (Å²) >= 11 is 1.71. The van der Waals surface area contributed by atoms with Gasteiger partial charge in [-0.05, 0) is 47.9 Å². The van der Waals surface area contributed by atoms with Crippen LogP contribution < -0.4 is 14.8 Å². The number of anilines is 1. The van der Waals surface area contributed by atoms with E-state index in [4.69, 9.17) is 9.47 Å². The lowest BCUT2D eigenvalue weighted by Gasteiger charge is -2.39. The van der Waals surface area contributed by atoms with Crippen molar-refractivity contribution in [3.05, 3.63) is 50.9 Å². The van der Waals surface area contributed by atoms with E-state index in [0.29, 0.717) is 6.42 Å². The maximum atomic E-state index is 13.2. The number of fused-ring (bicyclic) bond motifs is 3. The summed E-state index contributed by atoms with van der Waals surface area (Å²) in [5.41, 5.74) is 5.23. The van der Waals surface area contributed by atoms with Gasteiger partial charge in [-0.3, -0.25) is 4.79 Å². The molecule has 26 heavy (non-hydrogen) atoms. The molecule has 0 amide bonds. The topological polar surface area (TPSA) is 47.6 Å². The number of Topliss-reactive ketones (excluding diaryl/α,β-unsaturated/α-hetero) is 1. The van der Waals surface area contributed by atoms with E-state index in [2.05, 4.69) is 43.6 Å². The van der Waals surface area contributed by atoms with Gasteiger partial charge in [-0.25, -0.2) is 0 Å². The Balaban J connectivity index is 1.78. The zero-order valence-corrected chi connectivity index (χ0v) is 16.0. The number of hydrogen-bond donors (Lipinski definition) is 1. The van der Waals surface area contributed by atoms with Gasteiger partial charge in [-0.15, -0.1) is 11.3 Å². The number of allylic oxidation sites excluding steroid dienone is 2. The first-order chi connectivity index (χ1) is 12.4. The minimum atomic E-state index is -0.0819. The SMILES string of the molecule is Cc1ccsc1C1C2=C(CC(C)(C)CC2=O)Nc2ccc3c(c21)OCO3. The van der Waals surface area contributed by atoms with Crippen LogP contribution in [0.5, 0.6) is 11.5 Å². The van der Waals surface area contributed by atoms with E-state index in [9.17, 15) is 4.79 Å². The highest BCUT2D eigenvalue weighted by molar-refractivity contribution is 7.10. The quantitative estimate of drug-likeness (QED) is 0.772. The second-order valence-electron chi connectivity index (χ2n) is 8.12. The lowest BCUT2D eigenvalue weighted by atomic mass is 9.69. The molecular weight excluding hydrogens is 346 g/mol. The number of rotatable bonds is 1. The van der Waals surface area contributed by atoms with Crippen LogP contribution in [0.2, 0.25) is 0 Å². The summed E-state index contributed by atoms with van der Waals surface area (Å²) in [7, 11) is 0. The normalized spacial score (nSPS) is 22.7. The van der Waals surface area contributed by atoms with Crippen LogP contribution in [0.15, 0.2) is 34.8 Å². The van der Waals surface area contributed by atoms with Gasteiger partial charge in [-0.1, -0.05) is 13.8 Å². The molecule has 5 heteroatoms. The van der Waals surface area contributed by atoms with Crippen LogP contribution in [0.1, 0.15) is 48.6 Å². The standard InChI is InChI=1S/C21H21NO3S/c1-11-6-7-26-20(11)18-16-13(8-21(2,3)9-14(16)23)22-12-4-5-15-19(17(12)18)25-10-24-15/h4-7,18,22H,8-10H2,1-3H3.